The molecule has 0 aromatic carbocycles. The van der Waals surface area contributed by atoms with Gasteiger partial charge in [-0.25, -0.2) is 4.79 Å². The Morgan fingerprint density at radius 1 is 0.765 bits per heavy atom. The van der Waals surface area contributed by atoms with Crippen molar-refractivity contribution in [2.24, 2.45) is 17.2 Å². The fourth-order valence-corrected chi connectivity index (χ4v) is 3.04. The summed E-state index contributed by atoms with van der Waals surface area (Å²) in [7, 11) is 0. The lowest BCUT2D eigenvalue weighted by molar-refractivity contribution is -0.143. The highest BCUT2D eigenvalue weighted by atomic mass is 32.2. The van der Waals surface area contributed by atoms with E-state index in [9.17, 15) is 38.7 Å². The summed E-state index contributed by atoms with van der Waals surface area (Å²) in [5, 5.41) is 24.6. The molecule has 0 rings (SSSR count). The second-order valence-electron chi connectivity index (χ2n) is 7.18. The Hall–Kier alpha value is -3.40. The van der Waals surface area contributed by atoms with Gasteiger partial charge in [-0.05, 0) is 24.9 Å². The summed E-state index contributed by atoms with van der Waals surface area (Å²) in [5.41, 5.74) is 15.6. The Bertz CT molecular complexity index is 794. The van der Waals surface area contributed by atoms with Crippen LogP contribution in [0.15, 0.2) is 0 Å². The van der Waals surface area contributed by atoms with E-state index in [4.69, 9.17) is 22.3 Å². The predicted octanol–water partition coefficient (Wildman–Crippen LogP) is -3.78. The summed E-state index contributed by atoms with van der Waals surface area (Å²) in [5.74, 6) is -7.06. The van der Waals surface area contributed by atoms with Crippen LogP contribution in [-0.2, 0) is 33.6 Å². The van der Waals surface area contributed by atoms with Gasteiger partial charge in [0.05, 0.1) is 18.9 Å². The molecule has 34 heavy (non-hydrogen) atoms. The Kier molecular flexibility index (Phi) is 13.9. The maximum atomic E-state index is 12.8. The van der Waals surface area contributed by atoms with Gasteiger partial charge in [0, 0.05) is 6.42 Å². The van der Waals surface area contributed by atoms with Crippen molar-refractivity contribution in [2.75, 3.05) is 12.0 Å². The molecular weight excluding hydrogens is 476 g/mol. The summed E-state index contributed by atoms with van der Waals surface area (Å²) < 4.78 is 0. The largest absolute Gasteiger partial charge is 0.481 e. The number of carbonyl (C=O) groups excluding carboxylic acids is 5. The van der Waals surface area contributed by atoms with Crippen molar-refractivity contribution in [3.63, 3.8) is 0 Å². The highest BCUT2D eigenvalue weighted by Gasteiger charge is 2.31. The molecule has 0 aliphatic carbocycles. The van der Waals surface area contributed by atoms with Gasteiger partial charge in [-0.1, -0.05) is 0 Å². The smallest absolute Gasteiger partial charge is 0.326 e. The van der Waals surface area contributed by atoms with E-state index in [0.29, 0.717) is 5.75 Å². The highest BCUT2D eigenvalue weighted by Crippen LogP contribution is 2.06. The van der Waals surface area contributed by atoms with Crippen LogP contribution in [-0.4, -0.2) is 87.9 Å². The number of thioether (sulfide) groups is 1. The normalized spacial score (nSPS) is 14.1. The number of carboxylic acid groups (broad SMARTS) is 2. The van der Waals surface area contributed by atoms with Crippen LogP contribution in [0.25, 0.3) is 0 Å². The molecule has 0 aromatic rings. The summed E-state index contributed by atoms with van der Waals surface area (Å²) in [6.45, 7) is 0. The average Bonchev–Trinajstić information content (AvgIpc) is 2.71. The van der Waals surface area contributed by atoms with Crippen molar-refractivity contribution in [1.29, 1.82) is 0 Å². The van der Waals surface area contributed by atoms with E-state index in [1.54, 1.807) is 6.26 Å². The lowest BCUT2D eigenvalue weighted by Crippen LogP contribution is -2.57. The number of amides is 5. The van der Waals surface area contributed by atoms with E-state index in [0.717, 1.165) is 0 Å². The second kappa shape index (κ2) is 15.4. The minimum atomic E-state index is -1.63. The molecule has 0 saturated carbocycles. The molecular formula is C18H30N6O9S. The molecule has 0 aliphatic rings. The summed E-state index contributed by atoms with van der Waals surface area (Å²) in [4.78, 5) is 81.9. The minimum Gasteiger partial charge on any atom is -0.481 e. The molecule has 4 unspecified atom stereocenters. The molecule has 4 atom stereocenters. The van der Waals surface area contributed by atoms with Gasteiger partial charge in [0.2, 0.25) is 29.5 Å². The van der Waals surface area contributed by atoms with E-state index in [2.05, 4.69) is 16.0 Å². The monoisotopic (exact) mass is 506 g/mol. The van der Waals surface area contributed by atoms with Crippen LogP contribution >= 0.6 is 11.8 Å². The van der Waals surface area contributed by atoms with Crippen molar-refractivity contribution < 1.29 is 43.8 Å². The first kappa shape index (κ1) is 30.6. The van der Waals surface area contributed by atoms with Crippen LogP contribution in [0.5, 0.6) is 0 Å². The number of hydrogen-bond acceptors (Lipinski definition) is 9. The Labute approximate surface area is 198 Å². The van der Waals surface area contributed by atoms with E-state index >= 15 is 0 Å². The first-order valence-electron chi connectivity index (χ1n) is 9.95. The highest BCUT2D eigenvalue weighted by molar-refractivity contribution is 7.98. The third-order valence-corrected chi connectivity index (χ3v) is 4.95. The number of hydrogen-bond donors (Lipinski definition) is 8. The Morgan fingerprint density at radius 2 is 1.26 bits per heavy atom. The number of aliphatic carboxylic acids is 2. The van der Waals surface area contributed by atoms with Gasteiger partial charge >= 0.3 is 11.9 Å². The Balaban J connectivity index is 5.55. The maximum Gasteiger partial charge on any atom is 0.326 e. The van der Waals surface area contributed by atoms with Gasteiger partial charge < -0.3 is 43.4 Å². The first-order chi connectivity index (χ1) is 15.8. The van der Waals surface area contributed by atoms with Crippen LogP contribution in [0.1, 0.15) is 32.1 Å². The molecule has 0 bridgehead atoms. The number of carbonyl (C=O) groups is 7. The van der Waals surface area contributed by atoms with Gasteiger partial charge in [-0.15, -0.1) is 0 Å². The molecule has 11 N–H and O–H groups in total. The van der Waals surface area contributed by atoms with Crippen molar-refractivity contribution in [3.8, 4) is 0 Å². The van der Waals surface area contributed by atoms with E-state index in [-0.39, 0.29) is 19.3 Å². The number of primary amides is 2. The summed E-state index contributed by atoms with van der Waals surface area (Å²) >= 11 is 1.33. The molecule has 0 aliphatic heterocycles. The zero-order valence-corrected chi connectivity index (χ0v) is 19.3. The third kappa shape index (κ3) is 12.6. The van der Waals surface area contributed by atoms with E-state index in [1.165, 1.54) is 11.8 Å². The fourth-order valence-electron chi connectivity index (χ4n) is 2.57. The van der Waals surface area contributed by atoms with E-state index in [1.807, 2.05) is 0 Å². The molecule has 0 spiro atoms. The van der Waals surface area contributed by atoms with Gasteiger partial charge in [-0.2, -0.15) is 11.8 Å². The second-order valence-corrected chi connectivity index (χ2v) is 8.17. The van der Waals surface area contributed by atoms with Crippen LogP contribution in [0.4, 0.5) is 0 Å². The molecule has 0 saturated heterocycles. The standard InChI is InChI=1S/C18H30N6O9S/c1-34-5-4-10(17(31)24-11(18(32)33)7-13(21)26)23-16(30)9(2-3-12(20)25)22-15(29)8(19)6-14(27)28/h8-11H,2-7,19H2,1H3,(H2,20,25)(H2,21,26)(H,22,29)(H,23,30)(H,24,31)(H,27,28)(H,32,33). The summed E-state index contributed by atoms with van der Waals surface area (Å²) in [6.07, 6.45) is -0.217. The number of nitrogens with one attached hydrogen (secondary N) is 3. The molecule has 0 heterocycles. The molecule has 192 valence electrons. The van der Waals surface area contributed by atoms with E-state index < -0.39 is 78.5 Å². The molecule has 0 fully saturated rings. The number of carboxylic acids is 2. The van der Waals surface area contributed by atoms with Crippen molar-refractivity contribution in [1.82, 2.24) is 16.0 Å². The average molecular weight is 507 g/mol. The van der Waals surface area contributed by atoms with Crippen molar-refractivity contribution >= 4 is 53.2 Å². The zero-order valence-electron chi connectivity index (χ0n) is 18.4. The third-order valence-electron chi connectivity index (χ3n) is 4.31. The first-order valence-corrected chi connectivity index (χ1v) is 11.3. The van der Waals surface area contributed by atoms with Crippen LogP contribution in [0, 0.1) is 0 Å². The lowest BCUT2D eigenvalue weighted by Gasteiger charge is -2.24. The Morgan fingerprint density at radius 3 is 1.71 bits per heavy atom. The molecule has 16 heteroatoms. The maximum absolute atomic E-state index is 12.8. The molecule has 15 nitrogen and oxygen atoms in total. The van der Waals surface area contributed by atoms with Crippen LogP contribution < -0.4 is 33.2 Å². The van der Waals surface area contributed by atoms with Gasteiger partial charge in [0.1, 0.15) is 18.1 Å². The molecule has 0 aromatic heterocycles. The van der Waals surface area contributed by atoms with Crippen LogP contribution in [0.3, 0.4) is 0 Å². The van der Waals surface area contributed by atoms with Gasteiger partial charge in [0.15, 0.2) is 0 Å². The summed E-state index contributed by atoms with van der Waals surface area (Å²) in [6, 6.07) is -5.78. The van der Waals surface area contributed by atoms with Gasteiger partial charge in [-0.3, -0.25) is 28.8 Å². The number of rotatable bonds is 17. The van der Waals surface area contributed by atoms with Crippen molar-refractivity contribution in [3.05, 3.63) is 0 Å². The quantitative estimate of drug-likeness (QED) is 0.0947. The van der Waals surface area contributed by atoms with Crippen molar-refractivity contribution in [2.45, 2.75) is 56.3 Å². The SMILES string of the molecule is CSCCC(NC(=O)C(CCC(N)=O)NC(=O)C(N)CC(=O)O)C(=O)NC(CC(N)=O)C(=O)O. The fraction of sp³-hybridized carbons (Fsp3) is 0.611. The number of nitrogens with two attached hydrogens (primary N) is 3. The molecule has 0 radical (unpaired) electrons. The topological polar surface area (TPSA) is 274 Å². The zero-order chi connectivity index (χ0) is 26.4. The predicted molar refractivity (Wildman–Crippen MR) is 119 cm³/mol. The van der Waals surface area contributed by atoms with Gasteiger partial charge in [0.25, 0.3) is 0 Å². The lowest BCUT2D eigenvalue weighted by atomic mass is 10.1. The van der Waals surface area contributed by atoms with Crippen LogP contribution in [0.2, 0.25) is 0 Å². The minimum absolute atomic E-state index is 0.0522. The molecule has 5 amide bonds.